The number of amides is 4. The van der Waals surface area contributed by atoms with Crippen molar-refractivity contribution in [1.29, 1.82) is 0 Å². The topological polar surface area (TPSA) is 174 Å². The molecule has 4 amide bonds. The highest BCUT2D eigenvalue weighted by Crippen LogP contribution is 2.18. The van der Waals surface area contributed by atoms with E-state index in [4.69, 9.17) is 5.11 Å². The number of carboxylic acids is 1. The lowest BCUT2D eigenvalue weighted by Crippen LogP contribution is -2.55. The van der Waals surface area contributed by atoms with Gasteiger partial charge in [-0.3, -0.25) is 34.1 Å². The summed E-state index contributed by atoms with van der Waals surface area (Å²) in [7, 11) is 0. The molecule has 1 fully saturated rings. The molecule has 1 rings (SSSR count). The molecule has 0 aromatic carbocycles. The lowest BCUT2D eigenvalue weighted by Gasteiger charge is -2.27. The SMILES string of the molecule is CCCCCCCCCCCCCCCC(=O)CN[C@H](C(=O)NCC(=O)N[C@@H](C)C(=O)N1CCC[C@H]1C(=O)NCC(=O)O)C(C)C. The van der Waals surface area contributed by atoms with Crippen molar-refractivity contribution in [1.82, 2.24) is 26.2 Å². The fraction of sp³-hybridized carbons (Fsp3) is 0.824. The number of likely N-dealkylation sites (tertiary alicyclic amines) is 1. The minimum absolute atomic E-state index is 0.0588. The molecule has 1 aliphatic heterocycles. The van der Waals surface area contributed by atoms with Gasteiger partial charge in [0.25, 0.3) is 0 Å². The summed E-state index contributed by atoms with van der Waals surface area (Å²) in [5.41, 5.74) is 0. The fourth-order valence-electron chi connectivity index (χ4n) is 5.75. The zero-order valence-electron chi connectivity index (χ0n) is 28.8. The Labute approximate surface area is 275 Å². The second-order valence-corrected chi connectivity index (χ2v) is 12.9. The van der Waals surface area contributed by atoms with Crippen LogP contribution in [-0.2, 0) is 28.8 Å². The van der Waals surface area contributed by atoms with Crippen LogP contribution in [0.15, 0.2) is 0 Å². The van der Waals surface area contributed by atoms with Crippen LogP contribution in [0.3, 0.4) is 0 Å². The smallest absolute Gasteiger partial charge is 0.322 e. The number of hydrogen-bond acceptors (Lipinski definition) is 7. The summed E-state index contributed by atoms with van der Waals surface area (Å²) in [6, 6.07) is -2.40. The van der Waals surface area contributed by atoms with Crippen molar-refractivity contribution in [3.63, 3.8) is 0 Å². The maximum Gasteiger partial charge on any atom is 0.322 e. The van der Waals surface area contributed by atoms with Gasteiger partial charge in [0, 0.05) is 13.0 Å². The maximum absolute atomic E-state index is 12.9. The summed E-state index contributed by atoms with van der Waals surface area (Å²) in [6.07, 6.45) is 17.6. The highest BCUT2D eigenvalue weighted by atomic mass is 16.4. The molecule has 0 saturated carbocycles. The molecule has 0 aromatic rings. The molecule has 1 saturated heterocycles. The number of aliphatic carboxylic acids is 1. The van der Waals surface area contributed by atoms with Crippen molar-refractivity contribution in [3.8, 4) is 0 Å². The lowest BCUT2D eigenvalue weighted by atomic mass is 10.0. The predicted molar refractivity (Wildman–Crippen MR) is 178 cm³/mol. The highest BCUT2D eigenvalue weighted by molar-refractivity contribution is 5.94. The molecule has 264 valence electrons. The number of carboxylic acid groups (broad SMARTS) is 1. The Morgan fingerprint density at radius 3 is 1.87 bits per heavy atom. The number of Topliss-reactive ketones (excluding diaryl/α,β-unsaturated/α-hetero) is 1. The first kappa shape index (κ1) is 41.0. The van der Waals surface area contributed by atoms with E-state index in [-0.39, 0.29) is 24.8 Å². The maximum atomic E-state index is 12.9. The van der Waals surface area contributed by atoms with Crippen LogP contribution in [0.25, 0.3) is 0 Å². The molecule has 0 aromatic heterocycles. The van der Waals surface area contributed by atoms with E-state index >= 15 is 0 Å². The number of unbranched alkanes of at least 4 members (excludes halogenated alkanes) is 12. The van der Waals surface area contributed by atoms with Gasteiger partial charge in [0.05, 0.1) is 19.1 Å². The number of carbonyl (C=O) groups excluding carboxylic acids is 5. The quantitative estimate of drug-likeness (QED) is 0.0884. The number of rotatable bonds is 26. The first-order valence-electron chi connectivity index (χ1n) is 17.6. The fourth-order valence-corrected chi connectivity index (χ4v) is 5.75. The molecule has 0 spiro atoms. The van der Waals surface area contributed by atoms with E-state index in [1.165, 1.54) is 76.0 Å². The Morgan fingerprint density at radius 1 is 0.761 bits per heavy atom. The Morgan fingerprint density at radius 2 is 1.33 bits per heavy atom. The largest absolute Gasteiger partial charge is 0.480 e. The van der Waals surface area contributed by atoms with Crippen molar-refractivity contribution >= 4 is 35.4 Å². The molecule has 1 heterocycles. The van der Waals surface area contributed by atoms with E-state index in [1.54, 1.807) is 0 Å². The van der Waals surface area contributed by atoms with Crippen LogP contribution in [0.5, 0.6) is 0 Å². The molecule has 46 heavy (non-hydrogen) atoms. The predicted octanol–water partition coefficient (Wildman–Crippen LogP) is 3.46. The molecule has 3 atom stereocenters. The van der Waals surface area contributed by atoms with Gasteiger partial charge in [-0.15, -0.1) is 0 Å². The molecule has 1 aliphatic rings. The van der Waals surface area contributed by atoms with Gasteiger partial charge in [-0.1, -0.05) is 97.8 Å². The zero-order valence-corrected chi connectivity index (χ0v) is 28.8. The summed E-state index contributed by atoms with van der Waals surface area (Å²) in [5, 5.41) is 19.2. The molecular formula is C34H61N5O7. The molecule has 12 heteroatoms. The summed E-state index contributed by atoms with van der Waals surface area (Å²) < 4.78 is 0. The first-order chi connectivity index (χ1) is 22.0. The van der Waals surface area contributed by atoms with E-state index < -0.39 is 54.3 Å². The number of carbonyl (C=O) groups is 6. The Balaban J connectivity index is 2.28. The van der Waals surface area contributed by atoms with E-state index in [1.807, 2.05) is 13.8 Å². The third-order valence-electron chi connectivity index (χ3n) is 8.45. The molecule has 0 aliphatic carbocycles. The third kappa shape index (κ3) is 17.6. The molecule has 0 bridgehead atoms. The highest BCUT2D eigenvalue weighted by Gasteiger charge is 2.36. The molecular weight excluding hydrogens is 590 g/mol. The van der Waals surface area contributed by atoms with Gasteiger partial charge in [0.1, 0.15) is 24.4 Å². The van der Waals surface area contributed by atoms with E-state index in [9.17, 15) is 28.8 Å². The van der Waals surface area contributed by atoms with Crippen LogP contribution in [0.2, 0.25) is 0 Å². The average Bonchev–Trinajstić information content (AvgIpc) is 3.50. The molecule has 5 N–H and O–H groups in total. The summed E-state index contributed by atoms with van der Waals surface area (Å²) in [6.45, 7) is 6.97. The Bertz CT molecular complexity index is 958. The minimum Gasteiger partial charge on any atom is -0.480 e. The third-order valence-corrected chi connectivity index (χ3v) is 8.45. The Kier molecular flexibility index (Phi) is 21.6. The number of nitrogens with zero attached hydrogens (tertiary/aromatic N) is 1. The normalized spacial score (nSPS) is 15.8. The van der Waals surface area contributed by atoms with Gasteiger partial charge in [-0.25, -0.2) is 0 Å². The van der Waals surface area contributed by atoms with Crippen LogP contribution in [0.1, 0.15) is 130 Å². The lowest BCUT2D eigenvalue weighted by molar-refractivity contribution is -0.142. The standard InChI is InChI=1S/C34H61N5O7/c1-5-6-7-8-9-10-11-12-13-14-15-16-17-19-27(40)22-35-31(25(2)3)33(45)36-23-29(41)38-26(4)34(46)39-21-18-20-28(39)32(44)37-24-30(42)43/h25-26,28,31,35H,5-24H2,1-4H3,(H,36,45)(H,37,44)(H,38,41)(H,42,43)/t26-,28-,31-/m0/s1. The van der Waals surface area contributed by atoms with Gasteiger partial charge < -0.3 is 26.0 Å². The van der Waals surface area contributed by atoms with Crippen molar-refractivity contribution in [2.24, 2.45) is 5.92 Å². The number of nitrogens with one attached hydrogen (secondary N) is 4. The zero-order chi connectivity index (χ0) is 34.3. The van der Waals surface area contributed by atoms with Crippen LogP contribution in [0, 0.1) is 5.92 Å². The van der Waals surface area contributed by atoms with Crippen molar-refractivity contribution in [2.75, 3.05) is 26.2 Å². The number of ketones is 1. The minimum atomic E-state index is -1.18. The Hall–Kier alpha value is -3.02. The van der Waals surface area contributed by atoms with E-state index in [0.717, 1.165) is 19.3 Å². The van der Waals surface area contributed by atoms with Gasteiger partial charge in [-0.2, -0.15) is 0 Å². The van der Waals surface area contributed by atoms with Gasteiger partial charge >= 0.3 is 5.97 Å². The van der Waals surface area contributed by atoms with Crippen molar-refractivity contribution < 1.29 is 33.9 Å². The summed E-state index contributed by atoms with van der Waals surface area (Å²) in [5.74, 6) is -3.23. The van der Waals surface area contributed by atoms with Gasteiger partial charge in [-0.05, 0) is 32.1 Å². The number of hydrogen-bond donors (Lipinski definition) is 5. The molecule has 0 unspecified atom stereocenters. The molecule has 12 nitrogen and oxygen atoms in total. The van der Waals surface area contributed by atoms with Gasteiger partial charge in [0.15, 0.2) is 0 Å². The monoisotopic (exact) mass is 651 g/mol. The van der Waals surface area contributed by atoms with Crippen LogP contribution in [0.4, 0.5) is 0 Å². The van der Waals surface area contributed by atoms with Crippen molar-refractivity contribution in [2.45, 2.75) is 149 Å². The average molecular weight is 652 g/mol. The second kappa shape index (κ2) is 24.2. The van der Waals surface area contributed by atoms with E-state index in [2.05, 4.69) is 28.2 Å². The van der Waals surface area contributed by atoms with Crippen LogP contribution in [-0.4, -0.2) is 89.7 Å². The van der Waals surface area contributed by atoms with Crippen molar-refractivity contribution in [3.05, 3.63) is 0 Å². The van der Waals surface area contributed by atoms with Gasteiger partial charge in [0.2, 0.25) is 23.6 Å². The second-order valence-electron chi connectivity index (χ2n) is 12.9. The molecule has 0 radical (unpaired) electrons. The summed E-state index contributed by atoms with van der Waals surface area (Å²) >= 11 is 0. The van der Waals surface area contributed by atoms with Crippen LogP contribution < -0.4 is 21.3 Å². The van der Waals surface area contributed by atoms with Crippen LogP contribution >= 0.6 is 0 Å². The first-order valence-corrected chi connectivity index (χ1v) is 17.6. The van der Waals surface area contributed by atoms with E-state index in [0.29, 0.717) is 25.8 Å². The summed E-state index contributed by atoms with van der Waals surface area (Å²) in [4.78, 5) is 75.1.